The van der Waals surface area contributed by atoms with E-state index < -0.39 is 35.8 Å². The van der Waals surface area contributed by atoms with Gasteiger partial charge in [-0.05, 0) is 35.9 Å². The summed E-state index contributed by atoms with van der Waals surface area (Å²) in [6.07, 6.45) is -3.45. The predicted octanol–water partition coefficient (Wildman–Crippen LogP) is 2.42. The Hall–Kier alpha value is -4.42. The number of piperazine rings is 1. The number of nitrogens with zero attached hydrogens (tertiary/aromatic N) is 5. The van der Waals surface area contributed by atoms with Crippen LogP contribution in [0.3, 0.4) is 0 Å². The summed E-state index contributed by atoms with van der Waals surface area (Å²) in [5, 5.41) is 3.00. The number of rotatable bonds is 7. The molecule has 2 aromatic carbocycles. The van der Waals surface area contributed by atoms with Gasteiger partial charge in [0.25, 0.3) is 5.56 Å². The van der Waals surface area contributed by atoms with Crippen molar-refractivity contribution in [2.24, 2.45) is 0 Å². The molecule has 1 saturated heterocycles. The largest absolute Gasteiger partial charge is 0.416 e. The smallest absolute Gasteiger partial charge is 0.368 e. The first-order valence-electron chi connectivity index (χ1n) is 13.0. The molecule has 218 valence electrons. The molecule has 13 heteroatoms. The van der Waals surface area contributed by atoms with E-state index in [1.807, 2.05) is 6.07 Å². The van der Waals surface area contributed by atoms with Gasteiger partial charge in [-0.1, -0.05) is 12.1 Å². The van der Waals surface area contributed by atoms with Crippen molar-refractivity contribution in [1.82, 2.24) is 24.7 Å². The standard InChI is InChI=1S/C28H31F3N6O4/c1-18(38)35-10-12-36(13-11-35)21-8-9-23-22(14-21)27(41)37(17-32-23)16-25(39)33-24(15-26(40)34(2)3)19-4-6-20(7-5-19)28(29,30)31/h4-9,14,17,24H,10-13,15-16H2,1-3H3,(H,33,39)/t24-/m1/s1. The van der Waals surface area contributed by atoms with Crippen LogP contribution in [-0.2, 0) is 27.1 Å². The Morgan fingerprint density at radius 1 is 1.02 bits per heavy atom. The van der Waals surface area contributed by atoms with Gasteiger partial charge in [-0.2, -0.15) is 13.2 Å². The lowest BCUT2D eigenvalue weighted by molar-refractivity contribution is -0.137. The first kappa shape index (κ1) is 29.6. The number of alkyl halides is 3. The third kappa shape index (κ3) is 7.02. The Kier molecular flexibility index (Phi) is 8.64. The van der Waals surface area contributed by atoms with E-state index in [1.165, 1.54) is 44.4 Å². The van der Waals surface area contributed by atoms with Crippen LogP contribution in [0.25, 0.3) is 10.9 Å². The van der Waals surface area contributed by atoms with Gasteiger partial charge in [0.15, 0.2) is 0 Å². The van der Waals surface area contributed by atoms with E-state index in [4.69, 9.17) is 0 Å². The van der Waals surface area contributed by atoms with Crippen LogP contribution in [0.15, 0.2) is 53.6 Å². The monoisotopic (exact) mass is 572 g/mol. The summed E-state index contributed by atoms with van der Waals surface area (Å²) >= 11 is 0. The van der Waals surface area contributed by atoms with Gasteiger partial charge < -0.3 is 20.0 Å². The predicted molar refractivity (Wildman–Crippen MR) is 146 cm³/mol. The molecule has 0 saturated carbocycles. The minimum atomic E-state index is -4.52. The molecule has 1 aromatic heterocycles. The Labute approximate surface area is 234 Å². The summed E-state index contributed by atoms with van der Waals surface area (Å²) in [4.78, 5) is 59.8. The van der Waals surface area contributed by atoms with Crippen molar-refractivity contribution < 1.29 is 27.6 Å². The third-order valence-corrected chi connectivity index (χ3v) is 7.06. The molecule has 0 aliphatic carbocycles. The maximum Gasteiger partial charge on any atom is 0.416 e. The summed E-state index contributed by atoms with van der Waals surface area (Å²) in [5.41, 5.74) is 0.285. The van der Waals surface area contributed by atoms with Crippen LogP contribution in [0.4, 0.5) is 18.9 Å². The van der Waals surface area contributed by atoms with Crippen molar-refractivity contribution in [1.29, 1.82) is 0 Å². The van der Waals surface area contributed by atoms with Gasteiger partial charge in [-0.25, -0.2) is 4.98 Å². The van der Waals surface area contributed by atoms with E-state index in [-0.39, 0.29) is 18.2 Å². The molecule has 2 heterocycles. The van der Waals surface area contributed by atoms with Crippen LogP contribution in [0.2, 0.25) is 0 Å². The minimum Gasteiger partial charge on any atom is -0.368 e. The molecule has 4 rings (SSSR count). The first-order chi connectivity index (χ1) is 19.3. The van der Waals surface area contributed by atoms with Gasteiger partial charge in [0, 0.05) is 52.9 Å². The highest BCUT2D eigenvalue weighted by molar-refractivity contribution is 5.83. The number of nitrogens with one attached hydrogen (secondary N) is 1. The maximum atomic E-state index is 13.3. The molecule has 3 aromatic rings. The van der Waals surface area contributed by atoms with E-state index in [2.05, 4.69) is 15.2 Å². The molecule has 3 amide bonds. The SMILES string of the molecule is CC(=O)N1CCN(c2ccc3ncn(CC(=O)N[C@H](CC(=O)N(C)C)c4ccc(C(F)(F)F)cc4)c(=O)c3c2)CC1. The van der Waals surface area contributed by atoms with Crippen LogP contribution in [0.1, 0.15) is 30.5 Å². The Morgan fingerprint density at radius 2 is 1.68 bits per heavy atom. The molecule has 41 heavy (non-hydrogen) atoms. The number of halogens is 3. The molecular formula is C28H31F3N6O4. The lowest BCUT2D eigenvalue weighted by Crippen LogP contribution is -2.48. The number of aromatic nitrogens is 2. The lowest BCUT2D eigenvalue weighted by atomic mass is 10.0. The van der Waals surface area contributed by atoms with E-state index in [0.717, 1.165) is 22.4 Å². The topological polar surface area (TPSA) is 108 Å². The zero-order chi connectivity index (χ0) is 29.9. The number of carbonyl (C=O) groups excluding carboxylic acids is 3. The molecule has 0 spiro atoms. The van der Waals surface area contributed by atoms with Gasteiger partial charge in [0.1, 0.15) is 6.54 Å². The molecule has 1 aliphatic heterocycles. The fraction of sp³-hybridized carbons (Fsp3) is 0.393. The minimum absolute atomic E-state index is 0.0140. The average Bonchev–Trinajstić information content (AvgIpc) is 2.93. The van der Waals surface area contributed by atoms with Crippen molar-refractivity contribution in [3.8, 4) is 0 Å². The highest BCUT2D eigenvalue weighted by Crippen LogP contribution is 2.30. The van der Waals surface area contributed by atoms with Crippen LogP contribution >= 0.6 is 0 Å². The number of amides is 3. The van der Waals surface area contributed by atoms with E-state index in [9.17, 15) is 32.3 Å². The number of anilines is 1. The van der Waals surface area contributed by atoms with Gasteiger partial charge in [0.05, 0.1) is 35.3 Å². The molecule has 0 bridgehead atoms. The van der Waals surface area contributed by atoms with Crippen molar-refractivity contribution in [3.05, 3.63) is 70.3 Å². The second-order valence-electron chi connectivity index (χ2n) is 10.1. The van der Waals surface area contributed by atoms with Gasteiger partial charge in [0.2, 0.25) is 17.7 Å². The number of benzene rings is 2. The second kappa shape index (κ2) is 12.0. The Bertz CT molecular complexity index is 1500. The van der Waals surface area contributed by atoms with Gasteiger partial charge in [-0.3, -0.25) is 23.7 Å². The molecule has 1 N–H and O–H groups in total. The van der Waals surface area contributed by atoms with Gasteiger partial charge in [-0.15, -0.1) is 0 Å². The van der Waals surface area contributed by atoms with Crippen molar-refractivity contribution in [2.45, 2.75) is 32.1 Å². The first-order valence-corrected chi connectivity index (χ1v) is 13.0. The highest BCUT2D eigenvalue weighted by atomic mass is 19.4. The maximum absolute atomic E-state index is 13.3. The van der Waals surface area contributed by atoms with E-state index in [0.29, 0.717) is 42.6 Å². The lowest BCUT2D eigenvalue weighted by Gasteiger charge is -2.35. The van der Waals surface area contributed by atoms with E-state index in [1.54, 1.807) is 17.0 Å². The molecule has 1 aliphatic rings. The molecular weight excluding hydrogens is 541 g/mol. The highest BCUT2D eigenvalue weighted by Gasteiger charge is 2.30. The van der Waals surface area contributed by atoms with E-state index >= 15 is 0 Å². The van der Waals surface area contributed by atoms with Crippen LogP contribution < -0.4 is 15.8 Å². The summed E-state index contributed by atoms with van der Waals surface area (Å²) in [5.74, 6) is -0.933. The number of hydrogen-bond donors (Lipinski definition) is 1. The third-order valence-electron chi connectivity index (χ3n) is 7.06. The van der Waals surface area contributed by atoms with Crippen LogP contribution in [0.5, 0.6) is 0 Å². The Morgan fingerprint density at radius 3 is 2.27 bits per heavy atom. The normalized spacial score (nSPS) is 14.6. The van der Waals surface area contributed by atoms with Crippen molar-refractivity contribution in [2.75, 3.05) is 45.2 Å². The fourth-order valence-corrected chi connectivity index (χ4v) is 4.64. The van der Waals surface area contributed by atoms with Gasteiger partial charge >= 0.3 is 6.18 Å². The Balaban J connectivity index is 1.53. The average molecular weight is 573 g/mol. The van der Waals surface area contributed by atoms with Crippen molar-refractivity contribution in [3.63, 3.8) is 0 Å². The zero-order valence-corrected chi connectivity index (χ0v) is 22.9. The van der Waals surface area contributed by atoms with Crippen LogP contribution in [0, 0.1) is 0 Å². The number of carbonyl (C=O) groups is 3. The molecule has 10 nitrogen and oxygen atoms in total. The molecule has 0 unspecified atom stereocenters. The molecule has 0 radical (unpaired) electrons. The summed E-state index contributed by atoms with van der Waals surface area (Å²) < 4.78 is 40.2. The summed E-state index contributed by atoms with van der Waals surface area (Å²) in [7, 11) is 3.07. The second-order valence-corrected chi connectivity index (χ2v) is 10.1. The van der Waals surface area contributed by atoms with Crippen molar-refractivity contribution >= 4 is 34.3 Å². The summed E-state index contributed by atoms with van der Waals surface area (Å²) in [6.45, 7) is 3.48. The fourth-order valence-electron chi connectivity index (χ4n) is 4.64. The number of hydrogen-bond acceptors (Lipinski definition) is 6. The summed E-state index contributed by atoms with van der Waals surface area (Å²) in [6, 6.07) is 8.60. The molecule has 1 fully saturated rings. The number of fused-ring (bicyclic) bond motifs is 1. The zero-order valence-electron chi connectivity index (χ0n) is 22.9. The molecule has 1 atom stereocenters. The quantitative estimate of drug-likeness (QED) is 0.466. The van der Waals surface area contributed by atoms with Crippen LogP contribution in [-0.4, -0.2) is 77.3 Å².